The minimum absolute atomic E-state index is 0.0824. The molecule has 0 bridgehead atoms. The van der Waals surface area contributed by atoms with Gasteiger partial charge in [0.15, 0.2) is 29.4 Å². The number of aliphatic imine (C=N–C) groups is 1. The first-order valence-corrected chi connectivity index (χ1v) is 10.4. The summed E-state index contributed by atoms with van der Waals surface area (Å²) in [5.74, 6) is -7.06. The average molecular weight is 490 g/mol. The molecule has 2 unspecified atom stereocenters. The van der Waals surface area contributed by atoms with E-state index in [1.807, 2.05) is 0 Å². The SMILES string of the molecule is N=C(N)NC(=N)N1CCN(C2=NC3C(C=C2F)C(=O)C(C(=O)O)=CN3c2ccc(F)cc2F)CC1. The number of carbonyl (C=O) groups excluding carboxylic acids is 1. The Morgan fingerprint density at radius 3 is 2.46 bits per heavy atom. The Kier molecular flexibility index (Phi) is 6.20. The third kappa shape index (κ3) is 4.54. The standard InChI is InChI=1S/C21H21F3N8O3/c22-10-1-2-15(13(23)7-10)32-9-12(19(34)35)16(33)11-8-14(24)18(28-17(11)32)30-3-5-31(6-4-30)21(27)29-20(25)26/h1-2,7-9,11,17H,3-6H2,(H,34,35)(H5,25,26,27,29). The maximum absolute atomic E-state index is 15.1. The molecular weight excluding hydrogens is 469 g/mol. The fourth-order valence-corrected chi connectivity index (χ4v) is 4.13. The number of halogens is 3. The zero-order valence-corrected chi connectivity index (χ0v) is 18.1. The summed E-state index contributed by atoms with van der Waals surface area (Å²) in [5.41, 5.74) is 4.34. The first kappa shape index (κ1) is 23.8. The van der Waals surface area contributed by atoms with E-state index < -0.39 is 52.8 Å². The number of benzene rings is 1. The number of dihydropyridines is 1. The van der Waals surface area contributed by atoms with E-state index in [2.05, 4.69) is 10.3 Å². The molecule has 1 saturated heterocycles. The van der Waals surface area contributed by atoms with Crippen molar-refractivity contribution in [1.29, 1.82) is 10.8 Å². The highest BCUT2D eigenvalue weighted by Gasteiger charge is 2.44. The largest absolute Gasteiger partial charge is 0.478 e. The maximum Gasteiger partial charge on any atom is 0.340 e. The second-order valence-electron chi connectivity index (χ2n) is 7.98. The Morgan fingerprint density at radius 2 is 1.86 bits per heavy atom. The molecule has 14 heteroatoms. The highest BCUT2D eigenvalue weighted by Crippen LogP contribution is 2.36. The van der Waals surface area contributed by atoms with E-state index in [1.54, 1.807) is 9.80 Å². The van der Waals surface area contributed by atoms with Gasteiger partial charge in [-0.05, 0) is 18.2 Å². The van der Waals surface area contributed by atoms with Crippen LogP contribution in [-0.2, 0) is 9.59 Å². The number of hydrogen-bond donors (Lipinski definition) is 5. The number of carboxylic acids is 1. The van der Waals surface area contributed by atoms with Crippen LogP contribution in [0.1, 0.15) is 0 Å². The number of nitrogens with one attached hydrogen (secondary N) is 3. The van der Waals surface area contributed by atoms with Gasteiger partial charge in [-0.15, -0.1) is 0 Å². The van der Waals surface area contributed by atoms with Crippen molar-refractivity contribution in [3.8, 4) is 0 Å². The number of nitrogens with zero attached hydrogens (tertiary/aromatic N) is 4. The first-order valence-electron chi connectivity index (χ1n) is 10.4. The molecule has 0 spiro atoms. The molecule has 6 N–H and O–H groups in total. The van der Waals surface area contributed by atoms with Crippen LogP contribution in [-0.4, -0.2) is 76.8 Å². The first-order chi connectivity index (χ1) is 16.6. The number of ketones is 1. The van der Waals surface area contributed by atoms with Gasteiger partial charge in [-0.1, -0.05) is 0 Å². The van der Waals surface area contributed by atoms with E-state index in [0.29, 0.717) is 6.07 Å². The maximum atomic E-state index is 15.1. The number of guanidine groups is 2. The fourth-order valence-electron chi connectivity index (χ4n) is 4.13. The Hall–Kier alpha value is -4.36. The molecule has 1 fully saturated rings. The smallest absolute Gasteiger partial charge is 0.340 e. The molecule has 11 nitrogen and oxygen atoms in total. The Labute approximate surface area is 197 Å². The molecule has 0 aliphatic carbocycles. The van der Waals surface area contributed by atoms with Crippen molar-refractivity contribution in [2.45, 2.75) is 6.17 Å². The molecule has 184 valence electrons. The number of rotatable bonds is 2. The molecule has 3 heterocycles. The van der Waals surface area contributed by atoms with Gasteiger partial charge in [-0.25, -0.2) is 23.0 Å². The van der Waals surface area contributed by atoms with Gasteiger partial charge in [0, 0.05) is 38.4 Å². The molecule has 1 aromatic rings. The monoisotopic (exact) mass is 490 g/mol. The quantitative estimate of drug-likeness (QED) is 0.228. The second-order valence-corrected chi connectivity index (χ2v) is 7.98. The fraction of sp³-hybridized carbons (Fsp3) is 0.286. The lowest BCUT2D eigenvalue weighted by Crippen LogP contribution is -2.56. The van der Waals surface area contributed by atoms with E-state index in [1.165, 1.54) is 0 Å². The van der Waals surface area contributed by atoms with E-state index in [-0.39, 0.29) is 43.7 Å². The number of fused-ring (bicyclic) bond motifs is 1. The average Bonchev–Trinajstić information content (AvgIpc) is 2.79. The van der Waals surface area contributed by atoms with Crippen LogP contribution in [0.3, 0.4) is 0 Å². The van der Waals surface area contributed by atoms with Gasteiger partial charge >= 0.3 is 5.97 Å². The van der Waals surface area contributed by atoms with Crippen LogP contribution in [0.5, 0.6) is 0 Å². The zero-order chi connectivity index (χ0) is 25.4. The van der Waals surface area contributed by atoms with E-state index in [0.717, 1.165) is 29.3 Å². The van der Waals surface area contributed by atoms with Crippen molar-refractivity contribution >= 4 is 35.2 Å². The van der Waals surface area contributed by atoms with Crippen LogP contribution in [0.25, 0.3) is 0 Å². The normalized spacial score (nSPS) is 22.1. The molecule has 0 amide bonds. The lowest BCUT2D eigenvalue weighted by Gasteiger charge is -2.41. The van der Waals surface area contributed by atoms with Gasteiger partial charge in [0.2, 0.25) is 0 Å². The number of carbonyl (C=O) groups is 2. The van der Waals surface area contributed by atoms with Crippen LogP contribution in [0, 0.1) is 28.4 Å². The molecule has 0 saturated carbocycles. The van der Waals surface area contributed by atoms with Crippen LogP contribution < -0.4 is 16.0 Å². The lowest BCUT2D eigenvalue weighted by atomic mass is 9.88. The summed E-state index contributed by atoms with van der Waals surface area (Å²) >= 11 is 0. The summed E-state index contributed by atoms with van der Waals surface area (Å²) in [7, 11) is 0. The minimum atomic E-state index is -1.57. The predicted octanol–water partition coefficient (Wildman–Crippen LogP) is 0.566. The minimum Gasteiger partial charge on any atom is -0.478 e. The van der Waals surface area contributed by atoms with Crippen molar-refractivity contribution in [3.63, 3.8) is 0 Å². The molecule has 35 heavy (non-hydrogen) atoms. The molecule has 3 aliphatic heterocycles. The third-order valence-electron chi connectivity index (χ3n) is 5.80. The van der Waals surface area contributed by atoms with Gasteiger partial charge in [-0.2, -0.15) is 0 Å². The van der Waals surface area contributed by atoms with Crippen molar-refractivity contribution < 1.29 is 27.9 Å². The van der Waals surface area contributed by atoms with Crippen LogP contribution >= 0.6 is 0 Å². The number of hydrogen-bond acceptors (Lipinski definition) is 7. The van der Waals surface area contributed by atoms with Crippen molar-refractivity contribution in [3.05, 3.63) is 53.5 Å². The van der Waals surface area contributed by atoms with Crippen molar-refractivity contribution in [2.75, 3.05) is 31.1 Å². The number of anilines is 1. The van der Waals surface area contributed by atoms with Gasteiger partial charge in [0.1, 0.15) is 23.4 Å². The third-order valence-corrected chi connectivity index (χ3v) is 5.80. The summed E-state index contributed by atoms with van der Waals surface area (Å²) in [6.45, 7) is 1.01. The van der Waals surface area contributed by atoms with E-state index >= 15 is 4.39 Å². The summed E-state index contributed by atoms with van der Waals surface area (Å²) in [4.78, 5) is 33.0. The Balaban J connectivity index is 1.66. The molecule has 0 radical (unpaired) electrons. The summed E-state index contributed by atoms with van der Waals surface area (Å²) in [5, 5.41) is 27.0. The highest BCUT2D eigenvalue weighted by molar-refractivity contribution is 6.20. The summed E-state index contributed by atoms with van der Waals surface area (Å²) in [6, 6.07) is 2.68. The predicted molar refractivity (Wildman–Crippen MR) is 119 cm³/mol. The molecule has 0 aromatic heterocycles. The number of aliphatic carboxylic acids is 1. The molecule has 2 atom stereocenters. The summed E-state index contributed by atoms with van der Waals surface area (Å²) in [6.07, 6.45) is 0.689. The topological polar surface area (TPSA) is 162 Å². The number of carboxylic acid groups (broad SMARTS) is 1. The lowest BCUT2D eigenvalue weighted by molar-refractivity contribution is -0.135. The molecule has 1 aromatic carbocycles. The van der Waals surface area contributed by atoms with E-state index in [4.69, 9.17) is 16.6 Å². The van der Waals surface area contributed by atoms with Crippen LogP contribution in [0.15, 0.2) is 46.9 Å². The Bertz CT molecular complexity index is 1210. The molecular formula is C21H21F3N8O3. The molecule has 3 aliphatic rings. The van der Waals surface area contributed by atoms with Crippen molar-refractivity contribution in [2.24, 2.45) is 16.6 Å². The van der Waals surface area contributed by atoms with Gasteiger partial charge in [-0.3, -0.25) is 20.9 Å². The number of amidine groups is 1. The number of nitrogens with two attached hydrogens (primary N) is 1. The van der Waals surface area contributed by atoms with Crippen LogP contribution in [0.4, 0.5) is 18.9 Å². The number of Topliss-reactive ketones (excluding diaryl/α,β-unsaturated/α-hetero) is 1. The van der Waals surface area contributed by atoms with Gasteiger partial charge in [0.25, 0.3) is 0 Å². The second kappa shape index (κ2) is 9.12. The summed E-state index contributed by atoms with van der Waals surface area (Å²) < 4.78 is 43.2. The number of piperazine rings is 1. The Morgan fingerprint density at radius 1 is 1.17 bits per heavy atom. The van der Waals surface area contributed by atoms with Gasteiger partial charge < -0.3 is 25.5 Å². The molecule has 4 rings (SSSR count). The highest BCUT2D eigenvalue weighted by atomic mass is 19.1. The van der Waals surface area contributed by atoms with Crippen molar-refractivity contribution in [1.82, 2.24) is 15.1 Å². The zero-order valence-electron chi connectivity index (χ0n) is 18.1. The van der Waals surface area contributed by atoms with E-state index in [9.17, 15) is 23.5 Å². The van der Waals surface area contributed by atoms with Gasteiger partial charge in [0.05, 0.1) is 11.6 Å². The van der Waals surface area contributed by atoms with Crippen LogP contribution in [0.2, 0.25) is 0 Å².